The number of aliphatic carboxylic acids is 1. The molecular weight excluding hydrogens is 344 g/mol. The minimum Gasteiger partial charge on any atom is -0.478 e. The highest BCUT2D eigenvalue weighted by molar-refractivity contribution is 5.80. The van der Waals surface area contributed by atoms with Crippen molar-refractivity contribution in [1.82, 2.24) is 4.57 Å². The van der Waals surface area contributed by atoms with Crippen molar-refractivity contribution in [1.29, 1.82) is 0 Å². The molecule has 0 fully saturated rings. The van der Waals surface area contributed by atoms with Crippen LogP contribution >= 0.6 is 0 Å². The number of ether oxygens (including phenoxy) is 1. The molecule has 136 valence electrons. The third-order valence-corrected chi connectivity index (χ3v) is 4.35. The standard InChI is InChI=1S/C20H18N4O3/c1-2-20(19(25)26,15-8-7-9-16(14-15)22-23-21)27-18-11-4-3-10-17(18)24-12-5-6-13-24/h3-14H,2H2,1H3,(H,25,26). The van der Waals surface area contributed by atoms with Crippen LogP contribution in [0.1, 0.15) is 18.9 Å². The van der Waals surface area contributed by atoms with Crippen LogP contribution in [0.25, 0.3) is 16.1 Å². The van der Waals surface area contributed by atoms with E-state index in [4.69, 9.17) is 10.3 Å². The minimum atomic E-state index is -1.62. The zero-order valence-electron chi connectivity index (χ0n) is 14.7. The molecule has 1 atom stereocenters. The Morgan fingerprint density at radius 1 is 1.19 bits per heavy atom. The normalized spacial score (nSPS) is 12.6. The Hall–Kier alpha value is -3.70. The van der Waals surface area contributed by atoms with Gasteiger partial charge in [-0.05, 0) is 42.3 Å². The summed E-state index contributed by atoms with van der Waals surface area (Å²) in [6, 6.07) is 17.5. The van der Waals surface area contributed by atoms with Gasteiger partial charge in [-0.25, -0.2) is 4.79 Å². The molecule has 0 aliphatic rings. The van der Waals surface area contributed by atoms with Crippen LogP contribution in [0.5, 0.6) is 5.75 Å². The maximum atomic E-state index is 12.3. The van der Waals surface area contributed by atoms with Gasteiger partial charge in [0.1, 0.15) is 5.75 Å². The topological polar surface area (TPSA) is 100 Å². The molecule has 0 aliphatic carbocycles. The number of benzene rings is 2. The highest BCUT2D eigenvalue weighted by atomic mass is 16.5. The van der Waals surface area contributed by atoms with Crippen LogP contribution in [-0.4, -0.2) is 15.6 Å². The molecule has 3 rings (SSSR count). The largest absolute Gasteiger partial charge is 0.478 e. The summed E-state index contributed by atoms with van der Waals surface area (Å²) in [4.78, 5) is 15.1. The van der Waals surface area contributed by atoms with Crippen molar-refractivity contribution >= 4 is 11.7 Å². The number of rotatable bonds is 7. The highest BCUT2D eigenvalue weighted by Crippen LogP contribution is 2.36. The van der Waals surface area contributed by atoms with Gasteiger partial charge in [-0.3, -0.25) is 0 Å². The van der Waals surface area contributed by atoms with Gasteiger partial charge in [-0.1, -0.05) is 42.4 Å². The van der Waals surface area contributed by atoms with Gasteiger partial charge in [0.15, 0.2) is 0 Å². The summed E-state index contributed by atoms with van der Waals surface area (Å²) in [5.41, 5.74) is 8.51. The van der Waals surface area contributed by atoms with Crippen molar-refractivity contribution in [3.05, 3.63) is 89.1 Å². The molecule has 0 radical (unpaired) electrons. The van der Waals surface area contributed by atoms with Gasteiger partial charge in [0.05, 0.1) is 5.69 Å². The molecule has 27 heavy (non-hydrogen) atoms. The first-order valence-electron chi connectivity index (χ1n) is 8.41. The lowest BCUT2D eigenvalue weighted by atomic mass is 9.90. The summed E-state index contributed by atoms with van der Waals surface area (Å²) in [5, 5.41) is 13.6. The molecule has 7 heteroatoms. The maximum absolute atomic E-state index is 12.3. The molecule has 0 amide bonds. The number of para-hydroxylation sites is 2. The molecule has 0 saturated heterocycles. The van der Waals surface area contributed by atoms with Crippen LogP contribution in [0, 0.1) is 0 Å². The van der Waals surface area contributed by atoms with E-state index < -0.39 is 11.6 Å². The third-order valence-electron chi connectivity index (χ3n) is 4.35. The Morgan fingerprint density at radius 2 is 1.93 bits per heavy atom. The monoisotopic (exact) mass is 362 g/mol. The van der Waals surface area contributed by atoms with Crippen LogP contribution in [0.2, 0.25) is 0 Å². The Balaban J connectivity index is 2.12. The van der Waals surface area contributed by atoms with E-state index in [9.17, 15) is 9.90 Å². The van der Waals surface area contributed by atoms with Crippen molar-refractivity contribution in [2.75, 3.05) is 0 Å². The number of azide groups is 1. The fourth-order valence-electron chi connectivity index (χ4n) is 2.96. The zero-order valence-corrected chi connectivity index (χ0v) is 14.7. The first-order valence-corrected chi connectivity index (χ1v) is 8.41. The van der Waals surface area contributed by atoms with Gasteiger partial charge in [0.25, 0.3) is 0 Å². The molecule has 1 N–H and O–H groups in total. The van der Waals surface area contributed by atoms with Crippen LogP contribution in [-0.2, 0) is 10.4 Å². The van der Waals surface area contributed by atoms with Crippen LogP contribution in [0.3, 0.4) is 0 Å². The van der Waals surface area contributed by atoms with Crippen molar-refractivity contribution < 1.29 is 14.6 Å². The lowest BCUT2D eigenvalue weighted by Crippen LogP contribution is -2.41. The number of carbonyl (C=O) groups is 1. The van der Waals surface area contributed by atoms with Gasteiger partial charge in [-0.2, -0.15) is 0 Å². The number of nitrogens with zero attached hydrogens (tertiary/aromatic N) is 4. The Labute approximate surface area is 156 Å². The van der Waals surface area contributed by atoms with E-state index in [0.717, 1.165) is 5.69 Å². The second kappa shape index (κ2) is 7.68. The number of hydrogen-bond acceptors (Lipinski definition) is 3. The van der Waals surface area contributed by atoms with E-state index in [1.807, 2.05) is 41.2 Å². The smallest absolute Gasteiger partial charge is 0.352 e. The second-order valence-electron chi connectivity index (χ2n) is 5.89. The van der Waals surface area contributed by atoms with E-state index in [-0.39, 0.29) is 6.42 Å². The lowest BCUT2D eigenvalue weighted by molar-refractivity contribution is -0.156. The fraction of sp³-hybridized carbons (Fsp3) is 0.150. The Kier molecular flexibility index (Phi) is 5.15. The molecular formula is C20H18N4O3. The van der Waals surface area contributed by atoms with E-state index in [0.29, 0.717) is 17.0 Å². The summed E-state index contributed by atoms with van der Waals surface area (Å²) in [6.45, 7) is 1.74. The summed E-state index contributed by atoms with van der Waals surface area (Å²) >= 11 is 0. The molecule has 2 aromatic carbocycles. The number of aromatic nitrogens is 1. The SMILES string of the molecule is CCC(Oc1ccccc1-n1cccc1)(C(=O)O)c1cccc(N=[N+]=[N-])c1. The van der Waals surface area contributed by atoms with Gasteiger partial charge in [0.2, 0.25) is 5.60 Å². The molecule has 3 aromatic rings. The van der Waals surface area contributed by atoms with Gasteiger partial charge in [0, 0.05) is 28.6 Å². The quantitative estimate of drug-likeness (QED) is 0.355. The van der Waals surface area contributed by atoms with E-state index >= 15 is 0 Å². The molecule has 7 nitrogen and oxygen atoms in total. The molecule has 1 unspecified atom stereocenters. The second-order valence-corrected chi connectivity index (χ2v) is 5.89. The van der Waals surface area contributed by atoms with Crippen LogP contribution in [0.15, 0.2) is 78.2 Å². The highest BCUT2D eigenvalue weighted by Gasteiger charge is 2.42. The average molecular weight is 362 g/mol. The zero-order chi connectivity index (χ0) is 19.3. The van der Waals surface area contributed by atoms with E-state index in [2.05, 4.69) is 10.0 Å². The Morgan fingerprint density at radius 3 is 2.59 bits per heavy atom. The number of carboxylic acids is 1. The van der Waals surface area contributed by atoms with Gasteiger partial charge < -0.3 is 14.4 Å². The molecule has 0 saturated carbocycles. The number of hydrogen-bond donors (Lipinski definition) is 1. The van der Waals surface area contributed by atoms with Crippen molar-refractivity contribution in [3.63, 3.8) is 0 Å². The van der Waals surface area contributed by atoms with Crippen molar-refractivity contribution in [3.8, 4) is 11.4 Å². The lowest BCUT2D eigenvalue weighted by Gasteiger charge is -2.31. The Bertz CT molecular complexity index is 994. The van der Waals surface area contributed by atoms with Gasteiger partial charge >= 0.3 is 5.97 Å². The predicted octanol–water partition coefficient (Wildman–Crippen LogP) is 5.19. The summed E-state index contributed by atoms with van der Waals surface area (Å²) in [5.74, 6) is -0.683. The predicted molar refractivity (Wildman–Crippen MR) is 101 cm³/mol. The minimum absolute atomic E-state index is 0.183. The van der Waals surface area contributed by atoms with Crippen molar-refractivity contribution in [2.24, 2.45) is 5.11 Å². The van der Waals surface area contributed by atoms with Crippen LogP contribution in [0.4, 0.5) is 5.69 Å². The summed E-state index contributed by atoms with van der Waals surface area (Å²) in [7, 11) is 0. The van der Waals surface area contributed by atoms with Crippen LogP contribution < -0.4 is 4.74 Å². The molecule has 1 heterocycles. The third kappa shape index (κ3) is 3.49. The van der Waals surface area contributed by atoms with E-state index in [1.54, 1.807) is 37.3 Å². The van der Waals surface area contributed by atoms with Gasteiger partial charge in [-0.15, -0.1) is 0 Å². The van der Waals surface area contributed by atoms with Crippen molar-refractivity contribution in [2.45, 2.75) is 18.9 Å². The molecule has 0 spiro atoms. The fourth-order valence-corrected chi connectivity index (χ4v) is 2.96. The molecule has 0 aliphatic heterocycles. The maximum Gasteiger partial charge on any atom is 0.352 e. The summed E-state index contributed by atoms with van der Waals surface area (Å²) in [6.07, 6.45) is 3.90. The first-order chi connectivity index (χ1) is 13.1. The molecule has 1 aromatic heterocycles. The van der Waals surface area contributed by atoms with E-state index in [1.165, 1.54) is 6.07 Å². The molecule has 0 bridgehead atoms. The number of carboxylic acid groups (broad SMARTS) is 1. The average Bonchev–Trinajstić information content (AvgIpc) is 3.21. The summed E-state index contributed by atoms with van der Waals surface area (Å²) < 4.78 is 7.99. The first kappa shape index (κ1) is 18.1.